The minimum atomic E-state index is -0.629. The molecule has 4 nitrogen and oxygen atoms in total. The molecule has 1 N–H and O–H groups in total. The lowest BCUT2D eigenvalue weighted by molar-refractivity contribution is -0.158. The van der Waals surface area contributed by atoms with E-state index < -0.39 is 5.54 Å². The first-order chi connectivity index (χ1) is 11.2. The molecule has 122 valence electrons. The standard InChI is InChI=1S/C19H24N2O2/c22-17-16(15-9-10-15)21(13-14-7-3-1-4-8-14)18(23)19(20-17)11-5-2-6-12-19/h1,3-4,7-8,15-16H,2,5-6,9-13H2,(H,20,22). The van der Waals surface area contributed by atoms with E-state index in [9.17, 15) is 9.59 Å². The van der Waals surface area contributed by atoms with Gasteiger partial charge in [0.05, 0.1) is 0 Å². The molecule has 1 aliphatic heterocycles. The second-order valence-corrected chi connectivity index (χ2v) is 7.33. The van der Waals surface area contributed by atoms with E-state index >= 15 is 0 Å². The second-order valence-electron chi connectivity index (χ2n) is 7.33. The van der Waals surface area contributed by atoms with Crippen LogP contribution in [0, 0.1) is 5.92 Å². The second kappa shape index (κ2) is 5.66. The van der Waals surface area contributed by atoms with Gasteiger partial charge < -0.3 is 10.2 Å². The Morgan fingerprint density at radius 1 is 1.04 bits per heavy atom. The first-order valence-electron chi connectivity index (χ1n) is 8.87. The van der Waals surface area contributed by atoms with Gasteiger partial charge in [-0.2, -0.15) is 0 Å². The SMILES string of the molecule is O=C1NC2(CCCCC2)C(=O)N(Cc2ccccc2)C1C1CC1. The minimum absolute atomic E-state index is 0.0740. The van der Waals surface area contributed by atoms with Gasteiger partial charge in [-0.15, -0.1) is 0 Å². The molecule has 0 aromatic heterocycles. The topological polar surface area (TPSA) is 49.4 Å². The molecule has 1 saturated heterocycles. The van der Waals surface area contributed by atoms with Crippen molar-refractivity contribution in [3.63, 3.8) is 0 Å². The van der Waals surface area contributed by atoms with Gasteiger partial charge in [0, 0.05) is 6.54 Å². The molecule has 1 unspecified atom stereocenters. The number of nitrogens with zero attached hydrogens (tertiary/aromatic N) is 1. The lowest BCUT2D eigenvalue weighted by Gasteiger charge is -2.48. The zero-order valence-electron chi connectivity index (χ0n) is 13.5. The lowest BCUT2D eigenvalue weighted by Crippen LogP contribution is -2.71. The van der Waals surface area contributed by atoms with Gasteiger partial charge in [0.25, 0.3) is 0 Å². The van der Waals surface area contributed by atoms with Crippen LogP contribution in [0.1, 0.15) is 50.5 Å². The third-order valence-electron chi connectivity index (χ3n) is 5.61. The van der Waals surface area contributed by atoms with Crippen LogP contribution in [0.4, 0.5) is 0 Å². The van der Waals surface area contributed by atoms with E-state index in [0.717, 1.165) is 50.5 Å². The average Bonchev–Trinajstić information content (AvgIpc) is 3.39. The van der Waals surface area contributed by atoms with Crippen molar-refractivity contribution < 1.29 is 9.59 Å². The minimum Gasteiger partial charge on any atom is -0.340 e. The number of carbonyl (C=O) groups excluding carboxylic acids is 2. The van der Waals surface area contributed by atoms with Gasteiger partial charge in [-0.1, -0.05) is 49.6 Å². The Kier molecular flexibility index (Phi) is 3.63. The highest BCUT2D eigenvalue weighted by atomic mass is 16.2. The lowest BCUT2D eigenvalue weighted by atomic mass is 9.78. The summed E-state index contributed by atoms with van der Waals surface area (Å²) >= 11 is 0. The van der Waals surface area contributed by atoms with Gasteiger partial charge in [-0.25, -0.2) is 0 Å². The first-order valence-corrected chi connectivity index (χ1v) is 8.87. The molecule has 3 fully saturated rings. The van der Waals surface area contributed by atoms with Crippen LogP contribution < -0.4 is 5.32 Å². The molecule has 1 heterocycles. The fourth-order valence-corrected chi connectivity index (χ4v) is 4.23. The van der Waals surface area contributed by atoms with E-state index in [1.54, 1.807) is 0 Å². The zero-order valence-corrected chi connectivity index (χ0v) is 13.5. The first kappa shape index (κ1) is 14.7. The van der Waals surface area contributed by atoms with Crippen LogP contribution in [-0.2, 0) is 16.1 Å². The van der Waals surface area contributed by atoms with Gasteiger partial charge >= 0.3 is 0 Å². The fourth-order valence-electron chi connectivity index (χ4n) is 4.23. The van der Waals surface area contributed by atoms with Crippen molar-refractivity contribution >= 4 is 11.8 Å². The molecule has 23 heavy (non-hydrogen) atoms. The summed E-state index contributed by atoms with van der Waals surface area (Å²) in [5.41, 5.74) is 0.474. The van der Waals surface area contributed by atoms with Gasteiger partial charge in [-0.05, 0) is 37.2 Å². The van der Waals surface area contributed by atoms with E-state index in [1.165, 1.54) is 0 Å². The number of hydrogen-bond acceptors (Lipinski definition) is 2. The molecule has 1 aromatic carbocycles. The van der Waals surface area contributed by atoms with E-state index in [-0.39, 0.29) is 17.9 Å². The predicted octanol–water partition coefficient (Wildman–Crippen LogP) is 2.63. The molecular weight excluding hydrogens is 288 g/mol. The third kappa shape index (κ3) is 2.64. The van der Waals surface area contributed by atoms with E-state index in [4.69, 9.17) is 0 Å². The van der Waals surface area contributed by atoms with Crippen LogP contribution in [0.5, 0.6) is 0 Å². The summed E-state index contributed by atoms with van der Waals surface area (Å²) in [6.45, 7) is 0.552. The maximum Gasteiger partial charge on any atom is 0.249 e. The molecule has 0 radical (unpaired) electrons. The van der Waals surface area contributed by atoms with Crippen LogP contribution in [-0.4, -0.2) is 28.3 Å². The van der Waals surface area contributed by atoms with Crippen molar-refractivity contribution in [1.29, 1.82) is 0 Å². The van der Waals surface area contributed by atoms with Crippen molar-refractivity contribution in [2.45, 2.75) is 63.1 Å². The van der Waals surface area contributed by atoms with Gasteiger partial charge in [0.1, 0.15) is 11.6 Å². The Morgan fingerprint density at radius 3 is 2.39 bits per heavy atom. The van der Waals surface area contributed by atoms with Crippen molar-refractivity contribution in [3.05, 3.63) is 35.9 Å². The molecule has 4 rings (SSSR count). The Hall–Kier alpha value is -1.84. The molecule has 2 saturated carbocycles. The van der Waals surface area contributed by atoms with Gasteiger partial charge in [-0.3, -0.25) is 9.59 Å². The van der Waals surface area contributed by atoms with E-state index in [0.29, 0.717) is 12.5 Å². The Labute approximate surface area is 137 Å². The maximum atomic E-state index is 13.3. The Balaban J connectivity index is 1.65. The number of rotatable bonds is 3. The Bertz CT molecular complexity index is 603. The highest BCUT2D eigenvalue weighted by molar-refractivity contribution is 6.00. The summed E-state index contributed by atoms with van der Waals surface area (Å²) in [5.74, 6) is 0.575. The van der Waals surface area contributed by atoms with Crippen LogP contribution >= 0.6 is 0 Å². The van der Waals surface area contributed by atoms with Crippen LogP contribution in [0.3, 0.4) is 0 Å². The summed E-state index contributed by atoms with van der Waals surface area (Å²) in [4.78, 5) is 28.0. The van der Waals surface area contributed by atoms with Crippen LogP contribution in [0.25, 0.3) is 0 Å². The summed E-state index contributed by atoms with van der Waals surface area (Å²) in [6.07, 6.45) is 6.92. The molecule has 1 aromatic rings. The quantitative estimate of drug-likeness (QED) is 0.933. The summed E-state index contributed by atoms with van der Waals surface area (Å²) in [7, 11) is 0. The summed E-state index contributed by atoms with van der Waals surface area (Å²) in [6, 6.07) is 9.78. The molecule has 1 atom stereocenters. The smallest absolute Gasteiger partial charge is 0.249 e. The largest absolute Gasteiger partial charge is 0.340 e. The molecule has 1 spiro atoms. The fraction of sp³-hybridized carbons (Fsp3) is 0.579. The summed E-state index contributed by atoms with van der Waals surface area (Å²) < 4.78 is 0. The van der Waals surface area contributed by atoms with Gasteiger partial charge in [0.2, 0.25) is 11.8 Å². The number of nitrogens with one attached hydrogen (secondary N) is 1. The number of carbonyl (C=O) groups is 2. The average molecular weight is 312 g/mol. The number of piperazine rings is 1. The number of amides is 2. The molecule has 4 heteroatoms. The van der Waals surface area contributed by atoms with Crippen molar-refractivity contribution in [3.8, 4) is 0 Å². The number of hydrogen-bond donors (Lipinski definition) is 1. The Morgan fingerprint density at radius 2 is 1.74 bits per heavy atom. The normalized spacial score (nSPS) is 27.1. The van der Waals surface area contributed by atoms with Crippen molar-refractivity contribution in [2.75, 3.05) is 0 Å². The predicted molar refractivity (Wildman–Crippen MR) is 87.5 cm³/mol. The monoisotopic (exact) mass is 312 g/mol. The third-order valence-corrected chi connectivity index (χ3v) is 5.61. The molecule has 2 aliphatic carbocycles. The number of benzene rings is 1. The van der Waals surface area contributed by atoms with Crippen molar-refractivity contribution in [2.24, 2.45) is 5.92 Å². The molecule has 2 amide bonds. The maximum absolute atomic E-state index is 13.3. The van der Waals surface area contributed by atoms with E-state index in [1.807, 2.05) is 35.2 Å². The molecule has 0 bridgehead atoms. The molecule has 3 aliphatic rings. The summed E-state index contributed by atoms with van der Waals surface area (Å²) in [5, 5.41) is 3.14. The highest BCUT2D eigenvalue weighted by Crippen LogP contribution is 2.41. The molecular formula is C19H24N2O2. The van der Waals surface area contributed by atoms with Crippen LogP contribution in [0.15, 0.2) is 30.3 Å². The van der Waals surface area contributed by atoms with Crippen molar-refractivity contribution in [1.82, 2.24) is 10.2 Å². The van der Waals surface area contributed by atoms with E-state index in [2.05, 4.69) is 5.32 Å². The highest BCUT2D eigenvalue weighted by Gasteiger charge is 2.54. The van der Waals surface area contributed by atoms with Gasteiger partial charge in [0.15, 0.2) is 0 Å². The van der Waals surface area contributed by atoms with Crippen LogP contribution in [0.2, 0.25) is 0 Å². The zero-order chi connectivity index (χ0) is 15.9.